The molecule has 1 saturated heterocycles. The summed E-state index contributed by atoms with van der Waals surface area (Å²) in [6.07, 6.45) is 2.83. The van der Waals surface area contributed by atoms with Gasteiger partial charge in [0, 0.05) is 6.04 Å². The van der Waals surface area contributed by atoms with Gasteiger partial charge in [0.15, 0.2) is 0 Å². The molecule has 2 atom stereocenters. The number of carbonyl (C=O) groups is 3. The van der Waals surface area contributed by atoms with Crippen molar-refractivity contribution < 1.29 is 14.4 Å². The van der Waals surface area contributed by atoms with Crippen molar-refractivity contribution in [3.05, 3.63) is 0 Å². The van der Waals surface area contributed by atoms with E-state index in [2.05, 4.69) is 19.2 Å². The van der Waals surface area contributed by atoms with Crippen LogP contribution in [0.4, 0.5) is 4.79 Å². The monoisotopic (exact) mass is 266 g/mol. The zero-order valence-electron chi connectivity index (χ0n) is 12.0. The van der Waals surface area contributed by atoms with Gasteiger partial charge in [-0.3, -0.25) is 19.8 Å². The van der Waals surface area contributed by atoms with Crippen molar-refractivity contribution in [2.24, 2.45) is 17.3 Å². The van der Waals surface area contributed by atoms with Crippen LogP contribution in [0.5, 0.6) is 0 Å². The lowest BCUT2D eigenvalue weighted by Crippen LogP contribution is -2.63. The minimum absolute atomic E-state index is 0.0745. The highest BCUT2D eigenvalue weighted by Gasteiger charge is 2.49. The van der Waals surface area contributed by atoms with Crippen molar-refractivity contribution in [2.45, 2.75) is 53.0 Å². The summed E-state index contributed by atoms with van der Waals surface area (Å²) >= 11 is 0. The van der Waals surface area contributed by atoms with Gasteiger partial charge in [0.05, 0.1) is 0 Å². The number of nitrogens with one attached hydrogen (secondary N) is 1. The molecule has 1 heterocycles. The average Bonchev–Trinajstić information content (AvgIpc) is 2.57. The maximum Gasteiger partial charge on any atom is 0.331 e. The van der Waals surface area contributed by atoms with Crippen LogP contribution in [-0.4, -0.2) is 28.8 Å². The van der Waals surface area contributed by atoms with Crippen LogP contribution < -0.4 is 5.32 Å². The van der Waals surface area contributed by atoms with Gasteiger partial charge < -0.3 is 0 Å². The fraction of sp³-hybridized carbons (Fsp3) is 0.786. The Bertz CT molecular complexity index is 428. The molecule has 0 bridgehead atoms. The molecule has 1 N–H and O–H groups in total. The summed E-state index contributed by atoms with van der Waals surface area (Å²) < 4.78 is 0. The number of imide groups is 2. The second-order valence-electron chi connectivity index (χ2n) is 6.62. The van der Waals surface area contributed by atoms with Gasteiger partial charge in [-0.25, -0.2) is 4.79 Å². The van der Waals surface area contributed by atoms with E-state index >= 15 is 0 Å². The summed E-state index contributed by atoms with van der Waals surface area (Å²) in [5.74, 6) is -1.64. The first-order chi connectivity index (χ1) is 8.75. The normalized spacial score (nSPS) is 31.0. The maximum absolute atomic E-state index is 12.5. The van der Waals surface area contributed by atoms with Crippen molar-refractivity contribution in [3.63, 3.8) is 0 Å². The molecule has 0 aromatic carbocycles. The van der Waals surface area contributed by atoms with E-state index in [4.69, 9.17) is 0 Å². The molecule has 1 aliphatic heterocycles. The maximum atomic E-state index is 12.5. The number of carbonyl (C=O) groups excluding carboxylic acids is 3. The second kappa shape index (κ2) is 4.62. The molecule has 0 radical (unpaired) electrons. The molecule has 1 aliphatic carbocycles. The van der Waals surface area contributed by atoms with Crippen LogP contribution in [0.15, 0.2) is 0 Å². The van der Waals surface area contributed by atoms with Crippen LogP contribution in [0.25, 0.3) is 0 Å². The van der Waals surface area contributed by atoms with E-state index in [9.17, 15) is 14.4 Å². The predicted octanol–water partition coefficient (Wildman–Crippen LogP) is 1.92. The van der Waals surface area contributed by atoms with Crippen LogP contribution in [-0.2, 0) is 9.59 Å². The van der Waals surface area contributed by atoms with Crippen LogP contribution >= 0.6 is 0 Å². The largest absolute Gasteiger partial charge is 0.331 e. The number of rotatable bonds is 2. The van der Waals surface area contributed by atoms with E-state index in [1.165, 1.54) is 4.90 Å². The molecular formula is C14H22N2O3. The Morgan fingerprint density at radius 3 is 2.37 bits per heavy atom. The molecule has 2 unspecified atom stereocenters. The minimum Gasteiger partial charge on any atom is -0.277 e. The van der Waals surface area contributed by atoms with E-state index in [1.807, 2.05) is 13.8 Å². The predicted molar refractivity (Wildman–Crippen MR) is 70.1 cm³/mol. The van der Waals surface area contributed by atoms with Crippen molar-refractivity contribution in [3.8, 4) is 0 Å². The molecule has 106 valence electrons. The topological polar surface area (TPSA) is 66.5 Å². The van der Waals surface area contributed by atoms with Crippen molar-refractivity contribution in [2.75, 3.05) is 0 Å². The second-order valence-corrected chi connectivity index (χ2v) is 6.62. The van der Waals surface area contributed by atoms with Gasteiger partial charge >= 0.3 is 6.03 Å². The lowest BCUT2D eigenvalue weighted by Gasteiger charge is -2.40. The lowest BCUT2D eigenvalue weighted by molar-refractivity contribution is -0.147. The third kappa shape index (κ3) is 2.26. The smallest absolute Gasteiger partial charge is 0.277 e. The summed E-state index contributed by atoms with van der Waals surface area (Å²) in [6.45, 7) is 7.81. The summed E-state index contributed by atoms with van der Waals surface area (Å²) in [4.78, 5) is 37.6. The van der Waals surface area contributed by atoms with Gasteiger partial charge in [-0.05, 0) is 24.2 Å². The molecule has 5 heteroatoms. The number of amides is 4. The van der Waals surface area contributed by atoms with Gasteiger partial charge in [-0.1, -0.05) is 34.1 Å². The molecule has 2 rings (SSSR count). The summed E-state index contributed by atoms with van der Waals surface area (Å²) in [7, 11) is 0. The Kier molecular flexibility index (Phi) is 3.41. The van der Waals surface area contributed by atoms with Crippen molar-refractivity contribution >= 4 is 17.8 Å². The summed E-state index contributed by atoms with van der Waals surface area (Å²) in [6, 6.07) is -0.652. The van der Waals surface area contributed by atoms with Crippen molar-refractivity contribution in [1.29, 1.82) is 0 Å². The van der Waals surface area contributed by atoms with Crippen molar-refractivity contribution in [1.82, 2.24) is 10.2 Å². The van der Waals surface area contributed by atoms with E-state index in [1.54, 1.807) is 0 Å². The Morgan fingerprint density at radius 2 is 1.89 bits per heavy atom. The number of nitrogens with zero attached hydrogens (tertiary/aromatic N) is 1. The van der Waals surface area contributed by atoms with Crippen LogP contribution in [0.2, 0.25) is 0 Å². The number of urea groups is 1. The number of hydrogen-bond donors (Lipinski definition) is 1. The molecule has 2 aliphatic rings. The van der Waals surface area contributed by atoms with E-state index in [0.717, 1.165) is 19.3 Å². The summed E-state index contributed by atoms with van der Waals surface area (Å²) in [5.41, 5.74) is -0.0745. The zero-order valence-corrected chi connectivity index (χ0v) is 12.0. The third-order valence-electron chi connectivity index (χ3n) is 4.41. The van der Waals surface area contributed by atoms with E-state index in [0.29, 0.717) is 0 Å². The van der Waals surface area contributed by atoms with Gasteiger partial charge in [0.2, 0.25) is 11.8 Å². The highest BCUT2D eigenvalue weighted by Crippen LogP contribution is 2.41. The summed E-state index contributed by atoms with van der Waals surface area (Å²) in [5, 5.41) is 2.33. The quantitative estimate of drug-likeness (QED) is 0.776. The van der Waals surface area contributed by atoms with E-state index in [-0.39, 0.29) is 23.3 Å². The molecule has 4 amide bonds. The standard InChI is InChI=1S/C14H22N2O3/c1-8(2)10-11(17)15-13(19)16(12(10)18)9-6-5-7-14(9,3)4/h8-10H,5-7H2,1-4H3,(H,15,17,19). The molecule has 0 aromatic heterocycles. The first kappa shape index (κ1) is 14.0. The van der Waals surface area contributed by atoms with Crippen LogP contribution in [0, 0.1) is 17.3 Å². The molecule has 0 spiro atoms. The van der Waals surface area contributed by atoms with Crippen LogP contribution in [0.1, 0.15) is 47.0 Å². The molecule has 19 heavy (non-hydrogen) atoms. The zero-order chi connectivity index (χ0) is 14.4. The van der Waals surface area contributed by atoms with Gasteiger partial charge in [-0.15, -0.1) is 0 Å². The first-order valence-corrected chi connectivity index (χ1v) is 6.93. The molecule has 1 saturated carbocycles. The Labute approximate surface area is 113 Å². The third-order valence-corrected chi connectivity index (χ3v) is 4.41. The highest BCUT2D eigenvalue weighted by molar-refractivity contribution is 6.16. The lowest BCUT2D eigenvalue weighted by atomic mass is 9.84. The van der Waals surface area contributed by atoms with Gasteiger partial charge in [-0.2, -0.15) is 0 Å². The SMILES string of the molecule is CC(C)C1C(=O)NC(=O)N(C2CCCC2(C)C)C1=O. The number of barbiturate groups is 1. The van der Waals surface area contributed by atoms with Crippen LogP contribution in [0.3, 0.4) is 0 Å². The number of hydrogen-bond acceptors (Lipinski definition) is 3. The van der Waals surface area contributed by atoms with Gasteiger partial charge in [0.1, 0.15) is 5.92 Å². The molecule has 5 nitrogen and oxygen atoms in total. The van der Waals surface area contributed by atoms with Gasteiger partial charge in [0.25, 0.3) is 0 Å². The minimum atomic E-state index is -0.742. The fourth-order valence-electron chi connectivity index (χ4n) is 3.28. The Balaban J connectivity index is 2.31. The average molecular weight is 266 g/mol. The Morgan fingerprint density at radius 1 is 1.26 bits per heavy atom. The first-order valence-electron chi connectivity index (χ1n) is 6.93. The fourth-order valence-corrected chi connectivity index (χ4v) is 3.28. The Hall–Kier alpha value is -1.39. The molecule has 2 fully saturated rings. The highest BCUT2D eigenvalue weighted by atomic mass is 16.2. The molecule has 0 aromatic rings. The molecular weight excluding hydrogens is 244 g/mol. The van der Waals surface area contributed by atoms with E-state index < -0.39 is 17.9 Å².